The van der Waals surface area contributed by atoms with Crippen LogP contribution in [0.4, 0.5) is 0 Å². The maximum atomic E-state index is 6.28. The van der Waals surface area contributed by atoms with E-state index in [9.17, 15) is 0 Å². The van der Waals surface area contributed by atoms with Crippen LogP contribution in [0.25, 0.3) is 5.69 Å². The first kappa shape index (κ1) is 16.2. The Morgan fingerprint density at radius 2 is 1.92 bits per heavy atom. The van der Waals surface area contributed by atoms with Crippen molar-refractivity contribution in [3.8, 4) is 17.2 Å². The number of aromatic nitrogens is 4. The molecule has 0 aliphatic carbocycles. The molecule has 2 heterocycles. The molecule has 8 heteroatoms. The Kier molecular flexibility index (Phi) is 4.76. The van der Waals surface area contributed by atoms with Crippen molar-refractivity contribution in [3.05, 3.63) is 58.9 Å². The molecule has 0 radical (unpaired) electrons. The molecule has 0 unspecified atom stereocenters. The number of benzene rings is 2. The fraction of sp³-hybridized carbons (Fsp3) is 0.235. The molecular formula is C17H15ClN4O2S. The molecule has 25 heavy (non-hydrogen) atoms. The quantitative estimate of drug-likeness (QED) is 0.681. The second kappa shape index (κ2) is 7.33. The number of nitrogens with zero attached hydrogens (tertiary/aromatic N) is 4. The van der Waals surface area contributed by atoms with Gasteiger partial charge in [-0.3, -0.25) is 0 Å². The summed E-state index contributed by atoms with van der Waals surface area (Å²) in [6, 6.07) is 13.7. The van der Waals surface area contributed by atoms with Gasteiger partial charge in [-0.1, -0.05) is 29.8 Å². The minimum Gasteiger partial charge on any atom is -0.486 e. The van der Waals surface area contributed by atoms with Gasteiger partial charge in [-0.15, -0.1) is 16.9 Å². The zero-order valence-electron chi connectivity index (χ0n) is 13.3. The highest BCUT2D eigenvalue weighted by atomic mass is 35.5. The summed E-state index contributed by atoms with van der Waals surface area (Å²) in [5.41, 5.74) is 2.03. The van der Waals surface area contributed by atoms with Gasteiger partial charge in [-0.05, 0) is 40.3 Å². The second-order valence-electron chi connectivity index (χ2n) is 5.44. The maximum absolute atomic E-state index is 6.28. The van der Waals surface area contributed by atoms with E-state index in [0.717, 1.165) is 22.8 Å². The highest BCUT2D eigenvalue weighted by molar-refractivity contribution is 7.97. The summed E-state index contributed by atoms with van der Waals surface area (Å²) in [4.78, 5) is 0. The van der Waals surface area contributed by atoms with E-state index in [0.29, 0.717) is 35.5 Å². The van der Waals surface area contributed by atoms with Gasteiger partial charge in [-0.2, -0.15) is 4.68 Å². The Labute approximate surface area is 154 Å². The van der Waals surface area contributed by atoms with E-state index in [-0.39, 0.29) is 0 Å². The van der Waals surface area contributed by atoms with Gasteiger partial charge < -0.3 is 9.47 Å². The number of hydrogen-bond acceptors (Lipinski definition) is 6. The summed E-state index contributed by atoms with van der Waals surface area (Å²) >= 11 is 7.99. The molecule has 1 aliphatic rings. The van der Waals surface area contributed by atoms with Crippen LogP contribution < -0.4 is 9.47 Å². The van der Waals surface area contributed by atoms with Crippen LogP contribution in [0, 0.1) is 0 Å². The molecule has 128 valence electrons. The second-order valence-corrected chi connectivity index (χ2v) is 6.83. The normalized spacial score (nSPS) is 13.0. The van der Waals surface area contributed by atoms with E-state index >= 15 is 0 Å². The smallest absolute Gasteiger partial charge is 0.179 e. The lowest BCUT2D eigenvalue weighted by Crippen LogP contribution is -2.15. The molecule has 6 nitrogen and oxygen atoms in total. The van der Waals surface area contributed by atoms with Crippen LogP contribution in [-0.4, -0.2) is 33.4 Å². The highest BCUT2D eigenvalue weighted by Gasteiger charge is 2.17. The lowest BCUT2D eigenvalue weighted by molar-refractivity contribution is 0.171. The summed E-state index contributed by atoms with van der Waals surface area (Å²) in [6.07, 6.45) is 0. The van der Waals surface area contributed by atoms with Crippen molar-refractivity contribution in [1.82, 2.24) is 20.2 Å². The van der Waals surface area contributed by atoms with Crippen molar-refractivity contribution in [2.45, 2.75) is 11.5 Å². The molecule has 2 aromatic carbocycles. The van der Waals surface area contributed by atoms with E-state index in [1.165, 1.54) is 0 Å². The number of fused-ring (bicyclic) bond motifs is 1. The van der Waals surface area contributed by atoms with E-state index < -0.39 is 0 Å². The first-order valence-corrected chi connectivity index (χ1v) is 9.33. The van der Waals surface area contributed by atoms with Gasteiger partial charge in [0.2, 0.25) is 0 Å². The molecule has 0 amide bonds. The largest absolute Gasteiger partial charge is 0.486 e. The predicted octanol–water partition coefficient (Wildman–Crippen LogP) is 3.52. The molecule has 0 atom stereocenters. The first-order chi connectivity index (χ1) is 12.3. The van der Waals surface area contributed by atoms with Crippen molar-refractivity contribution in [3.63, 3.8) is 0 Å². The Morgan fingerprint density at radius 1 is 1.08 bits per heavy atom. The first-order valence-electron chi connectivity index (χ1n) is 7.80. The maximum Gasteiger partial charge on any atom is 0.179 e. The molecule has 0 saturated heterocycles. The number of halogens is 1. The van der Waals surface area contributed by atoms with E-state index in [4.69, 9.17) is 21.1 Å². The fourth-order valence-electron chi connectivity index (χ4n) is 2.57. The summed E-state index contributed by atoms with van der Waals surface area (Å²) in [7, 11) is 0. The highest BCUT2D eigenvalue weighted by Crippen LogP contribution is 2.39. The zero-order chi connectivity index (χ0) is 17.1. The molecule has 4 rings (SSSR count). The lowest BCUT2D eigenvalue weighted by Gasteiger charge is -2.20. The molecule has 0 bridgehead atoms. The molecule has 0 saturated carbocycles. The molecule has 0 fully saturated rings. The average Bonchev–Trinajstić information content (AvgIpc) is 3.11. The Balaban J connectivity index is 1.44. The van der Waals surface area contributed by atoms with Gasteiger partial charge in [0.15, 0.2) is 17.3 Å². The van der Waals surface area contributed by atoms with Crippen LogP contribution in [0.2, 0.25) is 5.02 Å². The van der Waals surface area contributed by atoms with Crippen LogP contribution in [-0.2, 0) is 11.5 Å². The Hall–Kier alpha value is -2.25. The van der Waals surface area contributed by atoms with Gasteiger partial charge in [0.05, 0.1) is 16.5 Å². The van der Waals surface area contributed by atoms with Gasteiger partial charge in [-0.25, -0.2) is 0 Å². The zero-order valence-corrected chi connectivity index (χ0v) is 14.8. The summed E-state index contributed by atoms with van der Waals surface area (Å²) in [5.74, 6) is 3.62. The van der Waals surface area contributed by atoms with Crippen LogP contribution in [0.5, 0.6) is 11.5 Å². The van der Waals surface area contributed by atoms with Crippen LogP contribution in [0.3, 0.4) is 0 Å². The molecular weight excluding hydrogens is 360 g/mol. The number of rotatable bonds is 5. The molecule has 0 spiro atoms. The number of tetrazole rings is 1. The molecule has 3 aromatic rings. The van der Waals surface area contributed by atoms with Crippen molar-refractivity contribution in [2.24, 2.45) is 0 Å². The van der Waals surface area contributed by atoms with Crippen LogP contribution >= 0.6 is 23.4 Å². The lowest BCUT2D eigenvalue weighted by atomic mass is 10.2. The standard InChI is InChI=1S/C17H15ClN4O2S/c18-14-8-12(9-15-17(14)24-7-6-23-15)10-25-11-16-19-20-21-22(16)13-4-2-1-3-5-13/h1-5,8-9H,6-7,10-11H2. The number of thioether (sulfide) groups is 1. The summed E-state index contributed by atoms with van der Waals surface area (Å²) in [6.45, 7) is 1.08. The molecule has 1 aromatic heterocycles. The molecule has 0 N–H and O–H groups in total. The minimum absolute atomic E-state index is 0.531. The SMILES string of the molecule is Clc1cc(CSCc2nnnn2-c2ccccc2)cc2c1OCCO2. The topological polar surface area (TPSA) is 62.1 Å². The van der Waals surface area contributed by atoms with Crippen LogP contribution in [0.1, 0.15) is 11.4 Å². The third kappa shape index (κ3) is 3.57. The van der Waals surface area contributed by atoms with Gasteiger partial charge in [0.25, 0.3) is 0 Å². The number of hydrogen-bond donors (Lipinski definition) is 0. The van der Waals surface area contributed by atoms with Crippen molar-refractivity contribution >= 4 is 23.4 Å². The Bertz CT molecular complexity index is 872. The van der Waals surface area contributed by atoms with E-state index in [2.05, 4.69) is 15.5 Å². The number of ether oxygens (including phenoxy) is 2. The van der Waals surface area contributed by atoms with E-state index in [1.54, 1.807) is 16.4 Å². The predicted molar refractivity (Wildman–Crippen MR) is 96.6 cm³/mol. The average molecular weight is 375 g/mol. The van der Waals surface area contributed by atoms with Crippen molar-refractivity contribution < 1.29 is 9.47 Å². The van der Waals surface area contributed by atoms with Gasteiger partial charge in [0, 0.05) is 5.75 Å². The molecule has 1 aliphatic heterocycles. The summed E-state index contributed by atoms with van der Waals surface area (Å²) < 4.78 is 12.9. The third-order valence-electron chi connectivity index (χ3n) is 3.69. The van der Waals surface area contributed by atoms with E-state index in [1.807, 2.05) is 42.5 Å². The van der Waals surface area contributed by atoms with Gasteiger partial charge >= 0.3 is 0 Å². The third-order valence-corrected chi connectivity index (χ3v) is 4.97. The van der Waals surface area contributed by atoms with Crippen molar-refractivity contribution in [2.75, 3.05) is 13.2 Å². The Morgan fingerprint density at radius 3 is 2.80 bits per heavy atom. The minimum atomic E-state index is 0.531. The fourth-order valence-corrected chi connectivity index (χ4v) is 3.73. The summed E-state index contributed by atoms with van der Waals surface area (Å²) in [5, 5.41) is 12.6. The van der Waals surface area contributed by atoms with Crippen LogP contribution in [0.15, 0.2) is 42.5 Å². The number of para-hydroxylation sites is 1. The van der Waals surface area contributed by atoms with Gasteiger partial charge in [0.1, 0.15) is 13.2 Å². The monoisotopic (exact) mass is 374 g/mol. The van der Waals surface area contributed by atoms with Crippen molar-refractivity contribution in [1.29, 1.82) is 0 Å².